The second-order valence-corrected chi connectivity index (χ2v) is 6.57. The van der Waals surface area contributed by atoms with Gasteiger partial charge in [0.05, 0.1) is 0 Å². The molecule has 2 nitrogen and oxygen atoms in total. The second-order valence-electron chi connectivity index (χ2n) is 5.72. The molecule has 0 spiro atoms. The molecule has 1 fully saturated rings. The molecule has 0 heterocycles. The largest absolute Gasteiger partial charge is 0.328 e. The third-order valence-electron chi connectivity index (χ3n) is 4.29. The fourth-order valence-electron chi connectivity index (χ4n) is 2.94. The minimum Gasteiger partial charge on any atom is -0.328 e. The molecular formula is C16H25BrN2. The molecule has 2 N–H and O–H groups in total. The van der Waals surface area contributed by atoms with E-state index in [4.69, 9.17) is 5.73 Å². The van der Waals surface area contributed by atoms with Crippen molar-refractivity contribution < 1.29 is 0 Å². The lowest BCUT2D eigenvalue weighted by atomic mass is 9.90. The van der Waals surface area contributed by atoms with Crippen LogP contribution in [0.4, 0.5) is 0 Å². The lowest BCUT2D eigenvalue weighted by molar-refractivity contribution is 0.149. The molecule has 1 aliphatic rings. The number of nitrogens with two attached hydrogens (primary N) is 1. The third kappa shape index (κ3) is 4.04. The SMILES string of the molecule is CCN(Cc1ccc(C)c(Br)c1)C1CCC(N)CC1. The Bertz CT molecular complexity index is 411. The van der Waals surface area contributed by atoms with Gasteiger partial charge in [-0.15, -0.1) is 0 Å². The molecule has 0 aliphatic heterocycles. The first-order chi connectivity index (χ1) is 9.10. The van der Waals surface area contributed by atoms with E-state index in [1.807, 2.05) is 0 Å². The summed E-state index contributed by atoms with van der Waals surface area (Å²) in [6, 6.07) is 7.85. The molecule has 0 aromatic heterocycles. The highest BCUT2D eigenvalue weighted by Gasteiger charge is 2.23. The van der Waals surface area contributed by atoms with Crippen LogP contribution in [0.2, 0.25) is 0 Å². The summed E-state index contributed by atoms with van der Waals surface area (Å²) < 4.78 is 1.21. The Morgan fingerprint density at radius 1 is 1.26 bits per heavy atom. The third-order valence-corrected chi connectivity index (χ3v) is 5.14. The Labute approximate surface area is 125 Å². The van der Waals surface area contributed by atoms with Gasteiger partial charge >= 0.3 is 0 Å². The quantitative estimate of drug-likeness (QED) is 0.911. The van der Waals surface area contributed by atoms with Crippen LogP contribution in [0.1, 0.15) is 43.7 Å². The van der Waals surface area contributed by atoms with Crippen molar-refractivity contribution in [3.63, 3.8) is 0 Å². The Balaban J connectivity index is 2.00. The number of hydrogen-bond acceptors (Lipinski definition) is 2. The van der Waals surface area contributed by atoms with E-state index >= 15 is 0 Å². The molecule has 0 radical (unpaired) electrons. The van der Waals surface area contributed by atoms with E-state index in [1.165, 1.54) is 41.3 Å². The summed E-state index contributed by atoms with van der Waals surface area (Å²) in [5.41, 5.74) is 8.70. The first kappa shape index (κ1) is 15.0. The molecule has 0 amide bonds. The van der Waals surface area contributed by atoms with Gasteiger partial charge in [-0.3, -0.25) is 4.90 Å². The van der Waals surface area contributed by atoms with E-state index in [1.54, 1.807) is 0 Å². The van der Waals surface area contributed by atoms with E-state index in [0.29, 0.717) is 12.1 Å². The van der Waals surface area contributed by atoms with Gasteiger partial charge in [-0.1, -0.05) is 35.0 Å². The Hall–Kier alpha value is -0.380. The number of rotatable bonds is 4. The van der Waals surface area contributed by atoms with Crippen LogP contribution >= 0.6 is 15.9 Å². The van der Waals surface area contributed by atoms with Gasteiger partial charge in [-0.05, 0) is 56.3 Å². The number of aryl methyl sites for hydroxylation is 1. The van der Waals surface area contributed by atoms with Crippen molar-refractivity contribution in [1.82, 2.24) is 4.90 Å². The minimum absolute atomic E-state index is 0.434. The molecule has 0 unspecified atom stereocenters. The van der Waals surface area contributed by atoms with Crippen molar-refractivity contribution in [3.8, 4) is 0 Å². The Kier molecular flexibility index (Phi) is 5.43. The summed E-state index contributed by atoms with van der Waals surface area (Å²) in [5.74, 6) is 0. The summed E-state index contributed by atoms with van der Waals surface area (Å²) in [6.07, 6.45) is 4.86. The van der Waals surface area contributed by atoms with E-state index in [0.717, 1.165) is 13.1 Å². The summed E-state index contributed by atoms with van der Waals surface area (Å²) >= 11 is 3.63. The zero-order chi connectivity index (χ0) is 13.8. The molecule has 1 aliphatic carbocycles. The van der Waals surface area contributed by atoms with Crippen LogP contribution in [0.3, 0.4) is 0 Å². The van der Waals surface area contributed by atoms with Gasteiger partial charge < -0.3 is 5.73 Å². The summed E-state index contributed by atoms with van der Waals surface area (Å²) in [4.78, 5) is 2.60. The van der Waals surface area contributed by atoms with Gasteiger partial charge in [0.15, 0.2) is 0 Å². The maximum atomic E-state index is 6.00. The highest BCUT2D eigenvalue weighted by Crippen LogP contribution is 2.25. The van der Waals surface area contributed by atoms with Gasteiger partial charge in [0.25, 0.3) is 0 Å². The molecule has 1 aromatic rings. The Morgan fingerprint density at radius 3 is 2.53 bits per heavy atom. The van der Waals surface area contributed by atoms with Crippen molar-refractivity contribution >= 4 is 15.9 Å². The highest BCUT2D eigenvalue weighted by atomic mass is 79.9. The standard InChI is InChI=1S/C16H25BrN2/c1-3-19(15-8-6-14(18)7-9-15)11-13-5-4-12(2)16(17)10-13/h4-5,10,14-15H,3,6-9,11,18H2,1-2H3. The molecule has 106 valence electrons. The van der Waals surface area contributed by atoms with Crippen molar-refractivity contribution in [2.45, 2.75) is 58.2 Å². The molecule has 2 rings (SSSR count). The van der Waals surface area contributed by atoms with Crippen LogP contribution in [0.15, 0.2) is 22.7 Å². The average Bonchev–Trinajstić information content (AvgIpc) is 2.41. The van der Waals surface area contributed by atoms with E-state index in [-0.39, 0.29) is 0 Å². The van der Waals surface area contributed by atoms with Gasteiger partial charge in [-0.2, -0.15) is 0 Å². The molecule has 19 heavy (non-hydrogen) atoms. The average molecular weight is 325 g/mol. The fourth-order valence-corrected chi connectivity index (χ4v) is 3.36. The molecule has 0 saturated heterocycles. The van der Waals surface area contributed by atoms with Crippen molar-refractivity contribution in [2.75, 3.05) is 6.54 Å². The fraction of sp³-hybridized carbons (Fsp3) is 0.625. The molecule has 0 atom stereocenters. The molecule has 1 saturated carbocycles. The molecule has 0 bridgehead atoms. The zero-order valence-electron chi connectivity index (χ0n) is 12.0. The topological polar surface area (TPSA) is 29.3 Å². The van der Waals surface area contributed by atoms with Crippen LogP contribution in [0.25, 0.3) is 0 Å². The van der Waals surface area contributed by atoms with Crippen molar-refractivity contribution in [2.24, 2.45) is 5.73 Å². The highest BCUT2D eigenvalue weighted by molar-refractivity contribution is 9.10. The normalized spacial score (nSPS) is 23.8. The number of nitrogens with zero attached hydrogens (tertiary/aromatic N) is 1. The van der Waals surface area contributed by atoms with Gasteiger partial charge in [0, 0.05) is 23.1 Å². The monoisotopic (exact) mass is 324 g/mol. The predicted molar refractivity (Wildman–Crippen MR) is 85.2 cm³/mol. The Morgan fingerprint density at radius 2 is 1.95 bits per heavy atom. The van der Waals surface area contributed by atoms with Crippen molar-refractivity contribution in [3.05, 3.63) is 33.8 Å². The van der Waals surface area contributed by atoms with Gasteiger partial charge in [0.2, 0.25) is 0 Å². The smallest absolute Gasteiger partial charge is 0.0236 e. The molecule has 1 aromatic carbocycles. The van der Waals surface area contributed by atoms with E-state index in [9.17, 15) is 0 Å². The maximum absolute atomic E-state index is 6.00. The van der Waals surface area contributed by atoms with Crippen LogP contribution in [-0.4, -0.2) is 23.5 Å². The van der Waals surface area contributed by atoms with Crippen LogP contribution in [0.5, 0.6) is 0 Å². The number of hydrogen-bond donors (Lipinski definition) is 1. The van der Waals surface area contributed by atoms with E-state index in [2.05, 4.69) is 52.9 Å². The predicted octanol–water partition coefficient (Wildman–Crippen LogP) is 3.85. The van der Waals surface area contributed by atoms with Crippen LogP contribution in [0, 0.1) is 6.92 Å². The zero-order valence-corrected chi connectivity index (χ0v) is 13.6. The second kappa shape index (κ2) is 6.87. The minimum atomic E-state index is 0.434. The summed E-state index contributed by atoms with van der Waals surface area (Å²) in [6.45, 7) is 6.56. The van der Waals surface area contributed by atoms with Crippen LogP contribution < -0.4 is 5.73 Å². The summed E-state index contributed by atoms with van der Waals surface area (Å²) in [5, 5.41) is 0. The first-order valence-corrected chi connectivity index (χ1v) is 8.14. The number of halogens is 1. The summed E-state index contributed by atoms with van der Waals surface area (Å²) in [7, 11) is 0. The lowest BCUT2D eigenvalue weighted by Gasteiger charge is -2.35. The lowest BCUT2D eigenvalue weighted by Crippen LogP contribution is -2.40. The first-order valence-electron chi connectivity index (χ1n) is 7.34. The molecule has 3 heteroatoms. The van der Waals surface area contributed by atoms with E-state index < -0.39 is 0 Å². The molecular weight excluding hydrogens is 300 g/mol. The van der Waals surface area contributed by atoms with Gasteiger partial charge in [0.1, 0.15) is 0 Å². The van der Waals surface area contributed by atoms with Crippen molar-refractivity contribution in [1.29, 1.82) is 0 Å². The maximum Gasteiger partial charge on any atom is 0.0236 e. The van der Waals surface area contributed by atoms with Gasteiger partial charge in [-0.25, -0.2) is 0 Å². The van der Waals surface area contributed by atoms with Crippen LogP contribution in [-0.2, 0) is 6.54 Å². The number of benzene rings is 1.